The van der Waals surface area contributed by atoms with Crippen LogP contribution in [-0.4, -0.2) is 13.7 Å². The van der Waals surface area contributed by atoms with Gasteiger partial charge in [-0.15, -0.1) is 0 Å². The molecule has 1 unspecified atom stereocenters. The van der Waals surface area contributed by atoms with E-state index in [4.69, 9.17) is 4.74 Å². The van der Waals surface area contributed by atoms with Crippen LogP contribution in [0.2, 0.25) is 0 Å². The summed E-state index contributed by atoms with van der Waals surface area (Å²) < 4.78 is 5.34. The monoisotopic (exact) mass is 243 g/mol. The topological polar surface area (TPSA) is 21.3 Å². The van der Waals surface area contributed by atoms with Gasteiger partial charge >= 0.3 is 0 Å². The molecule has 0 radical (unpaired) electrons. The Hall–Kier alpha value is -0.540. The van der Waals surface area contributed by atoms with Crippen molar-refractivity contribution in [2.24, 2.45) is 0 Å². The molecule has 13 heavy (non-hydrogen) atoms. The molecular formula is C10H14BrNO. The zero-order valence-electron chi connectivity index (χ0n) is 7.88. The largest absolute Gasteiger partial charge is 0.494 e. The van der Waals surface area contributed by atoms with Gasteiger partial charge in [0.05, 0.1) is 11.6 Å². The summed E-state index contributed by atoms with van der Waals surface area (Å²) in [6.07, 6.45) is 0. The standard InChI is InChI=1S/C10H14BrNO/c1-3-13-9-6-4-8(5-7-9)10(11)12-2/h4-7,10,12H,3H2,1-2H3. The molecule has 1 N–H and O–H groups in total. The molecule has 0 aliphatic carbocycles. The molecule has 1 rings (SSSR count). The normalized spacial score (nSPS) is 12.5. The Morgan fingerprint density at radius 3 is 2.46 bits per heavy atom. The number of rotatable bonds is 4. The summed E-state index contributed by atoms with van der Waals surface area (Å²) in [5.41, 5.74) is 1.20. The lowest BCUT2D eigenvalue weighted by Crippen LogP contribution is -2.08. The fraction of sp³-hybridized carbons (Fsp3) is 0.400. The van der Waals surface area contributed by atoms with Gasteiger partial charge in [0, 0.05) is 0 Å². The average Bonchev–Trinajstić information content (AvgIpc) is 2.18. The molecule has 72 valence electrons. The van der Waals surface area contributed by atoms with Crippen LogP contribution in [0, 0.1) is 0 Å². The second-order valence-corrected chi connectivity index (χ2v) is 3.57. The van der Waals surface area contributed by atoms with E-state index in [9.17, 15) is 0 Å². The molecule has 2 nitrogen and oxygen atoms in total. The lowest BCUT2D eigenvalue weighted by atomic mass is 10.2. The fourth-order valence-corrected chi connectivity index (χ4v) is 1.37. The number of alkyl halides is 1. The molecule has 0 bridgehead atoms. The van der Waals surface area contributed by atoms with E-state index in [0.29, 0.717) is 6.61 Å². The summed E-state index contributed by atoms with van der Waals surface area (Å²) in [5, 5.41) is 3.11. The van der Waals surface area contributed by atoms with Crippen molar-refractivity contribution in [3.8, 4) is 5.75 Å². The van der Waals surface area contributed by atoms with E-state index in [1.54, 1.807) is 0 Å². The quantitative estimate of drug-likeness (QED) is 0.649. The Morgan fingerprint density at radius 2 is 2.00 bits per heavy atom. The molecule has 0 aliphatic rings. The first-order chi connectivity index (χ1) is 6.27. The highest BCUT2D eigenvalue weighted by Crippen LogP contribution is 2.21. The zero-order valence-corrected chi connectivity index (χ0v) is 9.47. The maximum atomic E-state index is 5.34. The summed E-state index contributed by atoms with van der Waals surface area (Å²) in [5.74, 6) is 0.919. The third-order valence-corrected chi connectivity index (χ3v) is 2.72. The van der Waals surface area contributed by atoms with Crippen LogP contribution in [0.3, 0.4) is 0 Å². The van der Waals surface area contributed by atoms with Crippen LogP contribution in [-0.2, 0) is 0 Å². The van der Waals surface area contributed by atoms with Gasteiger partial charge in [0.15, 0.2) is 0 Å². The Bertz CT molecular complexity index is 248. The first-order valence-corrected chi connectivity index (χ1v) is 5.23. The summed E-state index contributed by atoms with van der Waals surface area (Å²) in [4.78, 5) is 0.211. The lowest BCUT2D eigenvalue weighted by molar-refractivity contribution is 0.340. The Morgan fingerprint density at radius 1 is 1.38 bits per heavy atom. The highest BCUT2D eigenvalue weighted by Gasteiger charge is 2.02. The van der Waals surface area contributed by atoms with Crippen molar-refractivity contribution in [3.05, 3.63) is 29.8 Å². The van der Waals surface area contributed by atoms with Gasteiger partial charge in [-0.1, -0.05) is 28.1 Å². The summed E-state index contributed by atoms with van der Waals surface area (Å²) in [6, 6.07) is 8.04. The van der Waals surface area contributed by atoms with Crippen LogP contribution < -0.4 is 10.1 Å². The highest BCUT2D eigenvalue weighted by molar-refractivity contribution is 9.09. The smallest absolute Gasteiger partial charge is 0.119 e. The molecule has 0 aliphatic heterocycles. The van der Waals surface area contributed by atoms with Gasteiger partial charge in [-0.3, -0.25) is 0 Å². The number of halogens is 1. The highest BCUT2D eigenvalue weighted by atomic mass is 79.9. The first-order valence-electron chi connectivity index (χ1n) is 4.32. The predicted molar refractivity (Wildman–Crippen MR) is 58.3 cm³/mol. The summed E-state index contributed by atoms with van der Waals surface area (Å²) in [7, 11) is 1.91. The lowest BCUT2D eigenvalue weighted by Gasteiger charge is -2.09. The van der Waals surface area contributed by atoms with E-state index < -0.39 is 0 Å². The molecule has 0 heterocycles. The van der Waals surface area contributed by atoms with E-state index in [-0.39, 0.29) is 4.95 Å². The fourth-order valence-electron chi connectivity index (χ4n) is 1.07. The number of ether oxygens (including phenoxy) is 1. The van der Waals surface area contributed by atoms with Gasteiger partial charge in [0.1, 0.15) is 5.75 Å². The summed E-state index contributed by atoms with van der Waals surface area (Å²) >= 11 is 3.50. The Balaban J connectivity index is 2.69. The van der Waals surface area contributed by atoms with Crippen molar-refractivity contribution < 1.29 is 4.74 Å². The van der Waals surface area contributed by atoms with Crippen molar-refractivity contribution >= 4 is 15.9 Å². The van der Waals surface area contributed by atoms with Crippen molar-refractivity contribution in [2.45, 2.75) is 11.9 Å². The predicted octanol–water partition coefficient (Wildman–Crippen LogP) is 2.70. The Kier molecular flexibility index (Phi) is 4.25. The molecule has 1 aromatic carbocycles. The van der Waals surface area contributed by atoms with Gasteiger partial charge in [0.2, 0.25) is 0 Å². The molecule has 0 amide bonds. The number of hydrogen-bond acceptors (Lipinski definition) is 2. The maximum absolute atomic E-state index is 5.34. The zero-order chi connectivity index (χ0) is 9.68. The molecule has 1 aromatic rings. The molecule has 3 heteroatoms. The van der Waals surface area contributed by atoms with Gasteiger partial charge < -0.3 is 10.1 Å². The van der Waals surface area contributed by atoms with E-state index >= 15 is 0 Å². The molecule has 0 saturated carbocycles. The van der Waals surface area contributed by atoms with Crippen molar-refractivity contribution in [1.29, 1.82) is 0 Å². The minimum Gasteiger partial charge on any atom is -0.494 e. The van der Waals surface area contributed by atoms with Gasteiger partial charge in [-0.2, -0.15) is 0 Å². The second-order valence-electron chi connectivity index (χ2n) is 2.65. The number of benzene rings is 1. The van der Waals surface area contributed by atoms with Gasteiger partial charge in [-0.25, -0.2) is 0 Å². The van der Waals surface area contributed by atoms with E-state index in [1.807, 2.05) is 38.2 Å². The molecular weight excluding hydrogens is 230 g/mol. The third-order valence-electron chi connectivity index (χ3n) is 1.74. The number of hydrogen-bond donors (Lipinski definition) is 1. The second kappa shape index (κ2) is 5.25. The van der Waals surface area contributed by atoms with Crippen molar-refractivity contribution in [1.82, 2.24) is 5.32 Å². The molecule has 1 atom stereocenters. The molecule has 0 spiro atoms. The van der Waals surface area contributed by atoms with Crippen molar-refractivity contribution in [3.63, 3.8) is 0 Å². The van der Waals surface area contributed by atoms with Crippen LogP contribution in [0.25, 0.3) is 0 Å². The SMILES string of the molecule is CCOc1ccc(C(Br)NC)cc1. The third kappa shape index (κ3) is 3.01. The van der Waals surface area contributed by atoms with Crippen LogP contribution in [0.4, 0.5) is 0 Å². The van der Waals surface area contributed by atoms with Gasteiger partial charge in [-0.05, 0) is 31.7 Å². The maximum Gasteiger partial charge on any atom is 0.119 e. The minimum absolute atomic E-state index is 0.211. The van der Waals surface area contributed by atoms with Crippen molar-refractivity contribution in [2.75, 3.05) is 13.7 Å². The first kappa shape index (κ1) is 10.5. The molecule has 0 aromatic heterocycles. The van der Waals surface area contributed by atoms with E-state index in [0.717, 1.165) is 5.75 Å². The minimum atomic E-state index is 0.211. The van der Waals surface area contributed by atoms with Crippen LogP contribution in [0.5, 0.6) is 5.75 Å². The van der Waals surface area contributed by atoms with Crippen LogP contribution >= 0.6 is 15.9 Å². The molecule has 0 saturated heterocycles. The van der Waals surface area contributed by atoms with Crippen LogP contribution in [0.1, 0.15) is 17.4 Å². The number of nitrogens with one attached hydrogen (secondary N) is 1. The van der Waals surface area contributed by atoms with Crippen LogP contribution in [0.15, 0.2) is 24.3 Å². The van der Waals surface area contributed by atoms with Gasteiger partial charge in [0.25, 0.3) is 0 Å². The van der Waals surface area contributed by atoms with E-state index in [2.05, 4.69) is 21.2 Å². The molecule has 0 fully saturated rings. The average molecular weight is 244 g/mol. The Labute approximate surface area is 87.4 Å². The van der Waals surface area contributed by atoms with E-state index in [1.165, 1.54) is 5.56 Å². The summed E-state index contributed by atoms with van der Waals surface area (Å²) in [6.45, 7) is 2.69.